The van der Waals surface area contributed by atoms with Gasteiger partial charge in [-0.3, -0.25) is 0 Å². The molecule has 0 N–H and O–H groups in total. The lowest BCUT2D eigenvalue weighted by atomic mass is 10.3. The summed E-state index contributed by atoms with van der Waals surface area (Å²) < 4.78 is 1.05. The molecule has 0 fully saturated rings. The number of benzene rings is 2. The van der Waals surface area contributed by atoms with Crippen LogP contribution in [0.15, 0.2) is 60.7 Å². The Bertz CT molecular complexity index is 538. The number of halogens is 1. The second kappa shape index (κ2) is 7.39. The lowest BCUT2D eigenvalue weighted by Gasteiger charge is -2.37. The standard InChI is InChI=1S/C18H26NSi.BrH/c1-19(2,15-17-11-7-5-8-12-17)16-20(3,4)18-13-9-6-10-14-18;/h5-14H,15-16H2,1-4H3;1H/q+1;/p-1/i15+1;. The molecule has 2 aromatic carbocycles. The highest BCUT2D eigenvalue weighted by Crippen LogP contribution is 2.14. The fourth-order valence-electron chi connectivity index (χ4n) is 3.18. The van der Waals surface area contributed by atoms with Crippen LogP contribution in [-0.4, -0.2) is 32.8 Å². The van der Waals surface area contributed by atoms with Crippen LogP contribution in [0.4, 0.5) is 0 Å². The summed E-state index contributed by atoms with van der Waals surface area (Å²) in [6.07, 6.45) is 1.26. The molecule has 0 aliphatic carbocycles. The van der Waals surface area contributed by atoms with E-state index in [4.69, 9.17) is 0 Å². The Kier molecular flexibility index (Phi) is 6.38. The molecule has 0 saturated heterocycles. The first kappa shape index (κ1) is 18.1. The van der Waals surface area contributed by atoms with Crippen molar-refractivity contribution in [1.82, 2.24) is 0 Å². The zero-order valence-electron chi connectivity index (χ0n) is 13.5. The molecule has 0 aliphatic rings. The van der Waals surface area contributed by atoms with Crippen LogP contribution in [0.1, 0.15) is 5.56 Å². The number of hydrogen-bond donors (Lipinski definition) is 0. The van der Waals surface area contributed by atoms with Gasteiger partial charge in [0, 0.05) is 5.56 Å². The Labute approximate surface area is 141 Å². The highest BCUT2D eigenvalue weighted by atomic mass is 79.9. The van der Waals surface area contributed by atoms with Crippen LogP contribution in [-0.2, 0) is 6.54 Å². The molecule has 0 radical (unpaired) electrons. The van der Waals surface area contributed by atoms with E-state index in [0.717, 1.165) is 11.0 Å². The highest BCUT2D eigenvalue weighted by molar-refractivity contribution is 6.89. The molecular formula is C18H26BrNSi. The Morgan fingerprint density at radius 2 is 1.29 bits per heavy atom. The van der Waals surface area contributed by atoms with Gasteiger partial charge in [-0.1, -0.05) is 78.9 Å². The molecule has 0 unspecified atom stereocenters. The second-order valence-electron chi connectivity index (χ2n) is 6.99. The van der Waals surface area contributed by atoms with Crippen LogP contribution in [0, 0.1) is 0 Å². The van der Waals surface area contributed by atoms with Gasteiger partial charge < -0.3 is 21.5 Å². The smallest absolute Gasteiger partial charge is 0.144 e. The summed E-state index contributed by atoms with van der Waals surface area (Å²) in [6, 6.07) is 21.9. The maximum absolute atomic E-state index is 2.48. The molecule has 0 atom stereocenters. The van der Waals surface area contributed by atoms with Gasteiger partial charge >= 0.3 is 0 Å². The van der Waals surface area contributed by atoms with Crippen LogP contribution in [0.2, 0.25) is 13.1 Å². The van der Waals surface area contributed by atoms with E-state index in [1.807, 2.05) is 0 Å². The number of hydrogen-bond acceptors (Lipinski definition) is 0. The van der Waals surface area contributed by atoms with Crippen LogP contribution < -0.4 is 22.2 Å². The second-order valence-corrected chi connectivity index (χ2v) is 11.6. The minimum Gasteiger partial charge on any atom is -1.00 e. The largest absolute Gasteiger partial charge is 1.00 e. The Morgan fingerprint density at radius 3 is 1.81 bits per heavy atom. The van der Waals surface area contributed by atoms with Crippen molar-refractivity contribution in [3.8, 4) is 0 Å². The summed E-state index contributed by atoms with van der Waals surface area (Å²) in [6.45, 7) is 6.06. The van der Waals surface area contributed by atoms with Gasteiger partial charge in [-0.05, 0) is 0 Å². The zero-order valence-corrected chi connectivity index (χ0v) is 16.1. The molecule has 21 heavy (non-hydrogen) atoms. The van der Waals surface area contributed by atoms with E-state index in [-0.39, 0.29) is 17.0 Å². The molecule has 0 bridgehead atoms. The van der Waals surface area contributed by atoms with E-state index in [0.29, 0.717) is 0 Å². The van der Waals surface area contributed by atoms with Gasteiger partial charge in [0.05, 0.1) is 20.3 Å². The van der Waals surface area contributed by atoms with Gasteiger partial charge in [-0.2, -0.15) is 0 Å². The minimum atomic E-state index is -1.40. The van der Waals surface area contributed by atoms with E-state index >= 15 is 0 Å². The van der Waals surface area contributed by atoms with Crippen molar-refractivity contribution in [3.63, 3.8) is 0 Å². The number of quaternary nitrogens is 1. The summed E-state index contributed by atoms with van der Waals surface area (Å²) >= 11 is 0. The first-order valence-corrected chi connectivity index (χ1v) is 10.5. The summed E-state index contributed by atoms with van der Waals surface area (Å²) in [5.74, 6) is 0. The first-order chi connectivity index (χ1) is 9.39. The average molecular weight is 365 g/mol. The third-order valence-electron chi connectivity index (χ3n) is 3.83. The molecular weight excluding hydrogens is 339 g/mol. The maximum atomic E-state index is 2.48. The average Bonchev–Trinajstić information content (AvgIpc) is 2.39. The molecule has 0 aliphatic heterocycles. The van der Waals surface area contributed by atoms with Crippen molar-refractivity contribution >= 4 is 13.3 Å². The SMILES string of the molecule is C[N+](C)(C[Si](C)(C)c1ccccc1)[13CH2]c1ccccc1.[Br-]. The third-order valence-corrected chi connectivity index (χ3v) is 7.37. The molecule has 0 saturated carbocycles. The van der Waals surface area contributed by atoms with Crippen molar-refractivity contribution < 1.29 is 21.5 Å². The van der Waals surface area contributed by atoms with Crippen LogP contribution >= 0.6 is 0 Å². The van der Waals surface area contributed by atoms with Gasteiger partial charge in [0.2, 0.25) is 0 Å². The Hall–Kier alpha value is -0.903. The van der Waals surface area contributed by atoms with Crippen molar-refractivity contribution in [2.24, 2.45) is 0 Å². The molecule has 0 spiro atoms. The van der Waals surface area contributed by atoms with Gasteiger partial charge in [0.15, 0.2) is 0 Å². The lowest BCUT2D eigenvalue weighted by molar-refractivity contribution is -0.894. The predicted octanol–water partition coefficient (Wildman–Crippen LogP) is 0.422. The summed E-state index contributed by atoms with van der Waals surface area (Å²) in [4.78, 5) is 0. The Balaban J connectivity index is 0.00000220. The maximum Gasteiger partial charge on any atom is 0.144 e. The fraction of sp³-hybridized carbons (Fsp3) is 0.333. The van der Waals surface area contributed by atoms with Crippen LogP contribution in [0.25, 0.3) is 0 Å². The highest BCUT2D eigenvalue weighted by Gasteiger charge is 2.32. The van der Waals surface area contributed by atoms with Gasteiger partial charge in [0.1, 0.15) is 14.6 Å². The van der Waals surface area contributed by atoms with E-state index in [1.165, 1.54) is 11.7 Å². The summed E-state index contributed by atoms with van der Waals surface area (Å²) in [7, 11) is 3.31. The van der Waals surface area contributed by atoms with E-state index < -0.39 is 8.07 Å². The first-order valence-electron chi connectivity index (χ1n) is 7.31. The van der Waals surface area contributed by atoms with Gasteiger partial charge in [-0.15, -0.1) is 0 Å². The van der Waals surface area contributed by atoms with E-state index in [2.05, 4.69) is 87.9 Å². The number of rotatable bonds is 5. The number of nitrogens with zero attached hydrogens (tertiary/aromatic N) is 1. The molecule has 1 nitrogen and oxygen atoms in total. The van der Waals surface area contributed by atoms with Crippen LogP contribution in [0.5, 0.6) is 0 Å². The molecule has 0 amide bonds. The van der Waals surface area contributed by atoms with Crippen LogP contribution in [0.3, 0.4) is 0 Å². The molecule has 114 valence electrons. The van der Waals surface area contributed by atoms with Gasteiger partial charge in [0.25, 0.3) is 0 Å². The van der Waals surface area contributed by atoms with Crippen molar-refractivity contribution in [2.75, 3.05) is 20.3 Å². The molecule has 0 heterocycles. The third kappa shape index (κ3) is 5.42. The van der Waals surface area contributed by atoms with E-state index in [1.54, 1.807) is 5.19 Å². The summed E-state index contributed by atoms with van der Waals surface area (Å²) in [5.41, 5.74) is 1.43. The van der Waals surface area contributed by atoms with Crippen molar-refractivity contribution in [3.05, 3.63) is 66.2 Å². The predicted molar refractivity (Wildman–Crippen MR) is 90.7 cm³/mol. The fourth-order valence-corrected chi connectivity index (χ4v) is 6.71. The molecule has 0 aromatic heterocycles. The minimum absolute atomic E-state index is 0. The molecule has 2 aromatic rings. The monoisotopic (exact) mass is 364 g/mol. The quantitative estimate of drug-likeness (QED) is 0.409. The van der Waals surface area contributed by atoms with E-state index in [9.17, 15) is 0 Å². The van der Waals surface area contributed by atoms with Crippen molar-refractivity contribution in [1.29, 1.82) is 0 Å². The Morgan fingerprint density at radius 1 is 0.810 bits per heavy atom. The molecule has 3 heteroatoms. The normalized spacial score (nSPS) is 11.8. The summed E-state index contributed by atoms with van der Waals surface area (Å²) in [5, 5.41) is 1.55. The topological polar surface area (TPSA) is 0 Å². The van der Waals surface area contributed by atoms with Gasteiger partial charge in [-0.25, -0.2) is 0 Å². The lowest BCUT2D eigenvalue weighted by Crippen LogP contribution is -3.00. The molecule has 2 rings (SSSR count). The zero-order chi connectivity index (χ0) is 14.6. The van der Waals surface area contributed by atoms with Crippen molar-refractivity contribution in [2.45, 2.75) is 19.6 Å².